The van der Waals surface area contributed by atoms with Crippen molar-refractivity contribution in [3.63, 3.8) is 0 Å². The Hall–Kier alpha value is -1.61. The molecule has 0 bridgehead atoms. The van der Waals surface area contributed by atoms with Crippen LogP contribution < -0.4 is 4.74 Å². The van der Waals surface area contributed by atoms with E-state index in [1.54, 1.807) is 30.7 Å². The fraction of sp³-hybridized carbons (Fsp3) is 0.0909. The zero-order valence-electron chi connectivity index (χ0n) is 8.14. The maximum Gasteiger partial charge on any atom is 0.219 e. The Morgan fingerprint density at radius 2 is 2.07 bits per heavy atom. The molecule has 0 aliphatic carbocycles. The molecule has 0 radical (unpaired) electrons. The van der Waals surface area contributed by atoms with Gasteiger partial charge in [0.15, 0.2) is 0 Å². The van der Waals surface area contributed by atoms with E-state index in [-0.39, 0.29) is 0 Å². The molecule has 0 fully saturated rings. The Labute approximate surface area is 92.7 Å². The summed E-state index contributed by atoms with van der Waals surface area (Å²) >= 11 is 5.77. The minimum atomic E-state index is 0.532. The molecular formula is C11H9ClN2O. The van der Waals surface area contributed by atoms with Crippen LogP contribution in [0.5, 0.6) is 11.6 Å². The van der Waals surface area contributed by atoms with E-state index in [2.05, 4.69) is 9.97 Å². The van der Waals surface area contributed by atoms with Crippen molar-refractivity contribution in [2.75, 3.05) is 0 Å². The quantitative estimate of drug-likeness (QED) is 0.780. The van der Waals surface area contributed by atoms with Gasteiger partial charge in [-0.1, -0.05) is 17.7 Å². The number of aryl methyl sites for hydroxylation is 1. The minimum absolute atomic E-state index is 0.532. The van der Waals surface area contributed by atoms with Crippen LogP contribution in [-0.4, -0.2) is 9.97 Å². The average Bonchev–Trinajstić information content (AvgIpc) is 2.22. The minimum Gasteiger partial charge on any atom is -0.437 e. The molecule has 0 N–H and O–H groups in total. The maximum absolute atomic E-state index is 5.77. The molecule has 0 atom stereocenters. The molecule has 0 aliphatic rings. The van der Waals surface area contributed by atoms with Gasteiger partial charge in [-0.15, -0.1) is 0 Å². The van der Waals surface area contributed by atoms with E-state index in [4.69, 9.17) is 16.3 Å². The van der Waals surface area contributed by atoms with Crippen molar-refractivity contribution in [1.82, 2.24) is 9.97 Å². The zero-order chi connectivity index (χ0) is 10.7. The first-order valence-corrected chi connectivity index (χ1v) is 4.83. The van der Waals surface area contributed by atoms with Crippen molar-refractivity contribution in [3.05, 3.63) is 47.4 Å². The summed E-state index contributed by atoms with van der Waals surface area (Å²) in [7, 11) is 0. The molecule has 0 aromatic carbocycles. The summed E-state index contributed by atoms with van der Waals surface area (Å²) in [5.74, 6) is 1.11. The van der Waals surface area contributed by atoms with Gasteiger partial charge in [0.2, 0.25) is 5.88 Å². The Morgan fingerprint density at radius 1 is 1.20 bits per heavy atom. The maximum atomic E-state index is 5.77. The van der Waals surface area contributed by atoms with E-state index >= 15 is 0 Å². The standard InChI is InChI=1S/C11H9ClN2O/c1-8-2-3-11(14-5-8)15-10-4-9(12)6-13-7-10/h2-7H,1H3. The van der Waals surface area contributed by atoms with Crippen LogP contribution >= 0.6 is 11.6 Å². The summed E-state index contributed by atoms with van der Waals surface area (Å²) in [5, 5.41) is 0.541. The summed E-state index contributed by atoms with van der Waals surface area (Å²) in [5.41, 5.74) is 1.09. The number of nitrogens with zero attached hydrogens (tertiary/aromatic N) is 2. The van der Waals surface area contributed by atoms with Crippen molar-refractivity contribution in [1.29, 1.82) is 0 Å². The van der Waals surface area contributed by atoms with Crippen LogP contribution in [0.15, 0.2) is 36.8 Å². The van der Waals surface area contributed by atoms with Crippen LogP contribution in [0.3, 0.4) is 0 Å². The van der Waals surface area contributed by atoms with Gasteiger partial charge in [-0.2, -0.15) is 0 Å². The summed E-state index contributed by atoms with van der Waals surface area (Å²) in [4.78, 5) is 8.02. The van der Waals surface area contributed by atoms with Crippen LogP contribution in [0.25, 0.3) is 0 Å². The van der Waals surface area contributed by atoms with Gasteiger partial charge in [-0.05, 0) is 12.5 Å². The highest BCUT2D eigenvalue weighted by Gasteiger charge is 1.99. The summed E-state index contributed by atoms with van der Waals surface area (Å²) in [6, 6.07) is 5.42. The number of hydrogen-bond acceptors (Lipinski definition) is 3. The van der Waals surface area contributed by atoms with Crippen molar-refractivity contribution in [2.45, 2.75) is 6.92 Å². The summed E-state index contributed by atoms with van der Waals surface area (Å²) < 4.78 is 5.46. The molecule has 2 aromatic heterocycles. The van der Waals surface area contributed by atoms with Gasteiger partial charge in [0.1, 0.15) is 5.75 Å². The third-order valence-electron chi connectivity index (χ3n) is 1.79. The molecule has 3 nitrogen and oxygen atoms in total. The molecule has 4 heteroatoms. The lowest BCUT2D eigenvalue weighted by atomic mass is 10.3. The first kappa shape index (κ1) is 9.93. The normalized spacial score (nSPS) is 10.0. The van der Waals surface area contributed by atoms with Gasteiger partial charge in [-0.3, -0.25) is 4.98 Å². The molecule has 0 saturated heterocycles. The molecule has 0 spiro atoms. The molecule has 2 rings (SSSR count). The Kier molecular flexibility index (Phi) is 2.83. The molecule has 76 valence electrons. The Balaban J connectivity index is 2.18. The molecular weight excluding hydrogens is 212 g/mol. The van der Waals surface area contributed by atoms with Gasteiger partial charge in [0, 0.05) is 24.5 Å². The first-order valence-electron chi connectivity index (χ1n) is 4.45. The van der Waals surface area contributed by atoms with E-state index in [1.807, 2.05) is 13.0 Å². The second kappa shape index (κ2) is 4.28. The van der Waals surface area contributed by atoms with E-state index in [0.717, 1.165) is 5.56 Å². The smallest absolute Gasteiger partial charge is 0.219 e. The lowest BCUT2D eigenvalue weighted by molar-refractivity contribution is 0.460. The highest BCUT2D eigenvalue weighted by atomic mass is 35.5. The second-order valence-corrected chi connectivity index (χ2v) is 3.55. The number of hydrogen-bond donors (Lipinski definition) is 0. The predicted molar refractivity (Wildman–Crippen MR) is 58.3 cm³/mol. The van der Waals surface area contributed by atoms with E-state index in [9.17, 15) is 0 Å². The van der Waals surface area contributed by atoms with Gasteiger partial charge in [-0.25, -0.2) is 4.98 Å². The molecule has 15 heavy (non-hydrogen) atoms. The monoisotopic (exact) mass is 220 g/mol. The SMILES string of the molecule is Cc1ccc(Oc2cncc(Cl)c2)nc1. The van der Waals surface area contributed by atoms with Crippen LogP contribution in [-0.2, 0) is 0 Å². The lowest BCUT2D eigenvalue weighted by Crippen LogP contribution is -1.88. The molecule has 0 saturated carbocycles. The topological polar surface area (TPSA) is 35.0 Å². The number of pyridine rings is 2. The van der Waals surface area contributed by atoms with Gasteiger partial charge in [0.05, 0.1) is 11.2 Å². The number of halogens is 1. The third kappa shape index (κ3) is 2.67. The van der Waals surface area contributed by atoms with Crippen molar-refractivity contribution in [2.24, 2.45) is 0 Å². The van der Waals surface area contributed by atoms with E-state index < -0.39 is 0 Å². The highest BCUT2D eigenvalue weighted by molar-refractivity contribution is 6.30. The fourth-order valence-electron chi connectivity index (χ4n) is 1.08. The van der Waals surface area contributed by atoms with Crippen LogP contribution in [0, 0.1) is 6.92 Å². The predicted octanol–water partition coefficient (Wildman–Crippen LogP) is 3.23. The molecule has 0 unspecified atom stereocenters. The van der Waals surface area contributed by atoms with Gasteiger partial charge >= 0.3 is 0 Å². The van der Waals surface area contributed by atoms with Crippen molar-refractivity contribution >= 4 is 11.6 Å². The number of aromatic nitrogens is 2. The number of ether oxygens (including phenoxy) is 1. The second-order valence-electron chi connectivity index (χ2n) is 3.11. The molecule has 2 heterocycles. The molecule has 0 aliphatic heterocycles. The van der Waals surface area contributed by atoms with Gasteiger partial charge < -0.3 is 4.74 Å². The van der Waals surface area contributed by atoms with Gasteiger partial charge in [0.25, 0.3) is 0 Å². The van der Waals surface area contributed by atoms with E-state index in [0.29, 0.717) is 16.7 Å². The van der Waals surface area contributed by atoms with Crippen molar-refractivity contribution in [3.8, 4) is 11.6 Å². The first-order chi connectivity index (χ1) is 7.24. The molecule has 0 amide bonds. The third-order valence-corrected chi connectivity index (χ3v) is 1.99. The Bertz CT molecular complexity index is 456. The zero-order valence-corrected chi connectivity index (χ0v) is 8.90. The summed E-state index contributed by atoms with van der Waals surface area (Å²) in [6.07, 6.45) is 4.89. The van der Waals surface area contributed by atoms with E-state index in [1.165, 1.54) is 0 Å². The average molecular weight is 221 g/mol. The molecule has 2 aromatic rings. The Morgan fingerprint density at radius 3 is 2.73 bits per heavy atom. The van der Waals surface area contributed by atoms with Crippen LogP contribution in [0.2, 0.25) is 5.02 Å². The summed E-state index contributed by atoms with van der Waals surface area (Å²) in [6.45, 7) is 1.97. The van der Waals surface area contributed by atoms with Crippen molar-refractivity contribution < 1.29 is 4.74 Å². The van der Waals surface area contributed by atoms with Crippen LogP contribution in [0.4, 0.5) is 0 Å². The highest BCUT2D eigenvalue weighted by Crippen LogP contribution is 2.21. The fourth-order valence-corrected chi connectivity index (χ4v) is 1.25. The van der Waals surface area contributed by atoms with Crippen LogP contribution in [0.1, 0.15) is 5.56 Å². The lowest BCUT2D eigenvalue weighted by Gasteiger charge is -2.03. The largest absolute Gasteiger partial charge is 0.437 e. The number of rotatable bonds is 2.